The Morgan fingerprint density at radius 2 is 1.81 bits per heavy atom. The molecule has 2 aromatic rings. The molecule has 0 saturated carbocycles. The van der Waals surface area contributed by atoms with E-state index >= 15 is 0 Å². The lowest BCUT2D eigenvalue weighted by atomic mass is 10.1. The Hall–Kier alpha value is -2.75. The summed E-state index contributed by atoms with van der Waals surface area (Å²) in [6.45, 7) is 1.80. The SMILES string of the molecule is C[C@H](OC(=O)/C=C/c1ccc(O)c(O)c1)c1ccccc1. The highest BCUT2D eigenvalue weighted by Gasteiger charge is 2.08. The zero-order valence-electron chi connectivity index (χ0n) is 11.6. The maximum absolute atomic E-state index is 11.7. The van der Waals surface area contributed by atoms with E-state index < -0.39 is 5.97 Å². The van der Waals surface area contributed by atoms with E-state index in [0.717, 1.165) is 5.56 Å². The lowest BCUT2D eigenvalue weighted by Gasteiger charge is -2.11. The van der Waals surface area contributed by atoms with Crippen LogP contribution in [-0.4, -0.2) is 16.2 Å². The Kier molecular flexibility index (Phi) is 4.61. The van der Waals surface area contributed by atoms with Crippen molar-refractivity contribution in [3.8, 4) is 11.5 Å². The lowest BCUT2D eigenvalue weighted by molar-refractivity contribution is -0.142. The topological polar surface area (TPSA) is 66.8 Å². The molecule has 4 heteroatoms. The fraction of sp³-hybridized carbons (Fsp3) is 0.118. The van der Waals surface area contributed by atoms with Gasteiger partial charge in [0, 0.05) is 6.08 Å². The minimum Gasteiger partial charge on any atom is -0.504 e. The van der Waals surface area contributed by atoms with Crippen molar-refractivity contribution in [1.82, 2.24) is 0 Å². The van der Waals surface area contributed by atoms with Crippen LogP contribution in [0.15, 0.2) is 54.6 Å². The van der Waals surface area contributed by atoms with Crippen LogP contribution < -0.4 is 0 Å². The molecule has 108 valence electrons. The van der Waals surface area contributed by atoms with Gasteiger partial charge in [-0.15, -0.1) is 0 Å². The molecule has 21 heavy (non-hydrogen) atoms. The molecule has 4 nitrogen and oxygen atoms in total. The average molecular weight is 284 g/mol. The summed E-state index contributed by atoms with van der Waals surface area (Å²) in [6, 6.07) is 13.7. The smallest absolute Gasteiger partial charge is 0.331 e. The van der Waals surface area contributed by atoms with Gasteiger partial charge in [0.25, 0.3) is 0 Å². The molecule has 0 unspecified atom stereocenters. The van der Waals surface area contributed by atoms with Crippen LogP contribution in [0.4, 0.5) is 0 Å². The quantitative estimate of drug-likeness (QED) is 0.513. The molecule has 0 aliphatic carbocycles. The van der Waals surface area contributed by atoms with Crippen molar-refractivity contribution in [2.75, 3.05) is 0 Å². The van der Waals surface area contributed by atoms with Gasteiger partial charge in [-0.25, -0.2) is 4.79 Å². The van der Waals surface area contributed by atoms with E-state index in [0.29, 0.717) is 5.56 Å². The molecule has 0 aromatic heterocycles. The molecule has 0 heterocycles. The van der Waals surface area contributed by atoms with Crippen molar-refractivity contribution in [1.29, 1.82) is 0 Å². The fourth-order valence-electron chi connectivity index (χ4n) is 1.81. The van der Waals surface area contributed by atoms with Gasteiger partial charge in [0.15, 0.2) is 11.5 Å². The molecule has 1 atom stereocenters. The second kappa shape index (κ2) is 6.61. The standard InChI is InChI=1S/C17H16O4/c1-12(14-5-3-2-4-6-14)21-17(20)10-8-13-7-9-15(18)16(19)11-13/h2-12,18-19H,1H3/b10-8+/t12-/m0/s1. The van der Waals surface area contributed by atoms with Crippen LogP contribution in [0.1, 0.15) is 24.2 Å². The summed E-state index contributed by atoms with van der Waals surface area (Å²) in [6.07, 6.45) is 2.46. The summed E-state index contributed by atoms with van der Waals surface area (Å²) in [5, 5.41) is 18.6. The van der Waals surface area contributed by atoms with E-state index in [2.05, 4.69) is 0 Å². The van der Waals surface area contributed by atoms with E-state index in [4.69, 9.17) is 4.74 Å². The Morgan fingerprint density at radius 3 is 2.48 bits per heavy atom. The molecule has 0 aliphatic heterocycles. The highest BCUT2D eigenvalue weighted by atomic mass is 16.5. The summed E-state index contributed by atoms with van der Waals surface area (Å²) in [4.78, 5) is 11.7. The number of phenolic OH excluding ortho intramolecular Hbond substituents is 2. The van der Waals surface area contributed by atoms with E-state index in [1.54, 1.807) is 13.0 Å². The van der Waals surface area contributed by atoms with E-state index in [1.807, 2.05) is 30.3 Å². The highest BCUT2D eigenvalue weighted by molar-refractivity contribution is 5.87. The summed E-state index contributed by atoms with van der Waals surface area (Å²) in [5.74, 6) is -0.908. The summed E-state index contributed by atoms with van der Waals surface area (Å²) in [7, 11) is 0. The number of phenols is 2. The monoisotopic (exact) mass is 284 g/mol. The number of rotatable bonds is 4. The molecule has 0 bridgehead atoms. The molecule has 2 aromatic carbocycles. The van der Waals surface area contributed by atoms with Crippen LogP contribution in [-0.2, 0) is 9.53 Å². The first-order valence-electron chi connectivity index (χ1n) is 6.52. The molecule has 0 saturated heterocycles. The molecular weight excluding hydrogens is 268 g/mol. The maximum Gasteiger partial charge on any atom is 0.331 e. The van der Waals surface area contributed by atoms with Crippen LogP contribution in [0.2, 0.25) is 0 Å². The molecule has 0 radical (unpaired) electrons. The van der Waals surface area contributed by atoms with Crippen molar-refractivity contribution in [2.45, 2.75) is 13.0 Å². The van der Waals surface area contributed by atoms with Gasteiger partial charge in [0.05, 0.1) is 0 Å². The number of ether oxygens (including phenoxy) is 1. The average Bonchev–Trinajstić information content (AvgIpc) is 2.49. The fourth-order valence-corrected chi connectivity index (χ4v) is 1.81. The number of carbonyl (C=O) groups is 1. The molecule has 0 amide bonds. The third-order valence-electron chi connectivity index (χ3n) is 2.97. The molecule has 2 N–H and O–H groups in total. The first kappa shape index (κ1) is 14.7. The number of esters is 1. The van der Waals surface area contributed by atoms with Crippen LogP contribution in [0.3, 0.4) is 0 Å². The van der Waals surface area contributed by atoms with Gasteiger partial charge in [0.1, 0.15) is 6.10 Å². The third kappa shape index (κ3) is 4.11. The van der Waals surface area contributed by atoms with Gasteiger partial charge in [-0.1, -0.05) is 36.4 Å². The first-order chi connectivity index (χ1) is 10.1. The Balaban J connectivity index is 1.98. The van der Waals surface area contributed by atoms with Gasteiger partial charge in [-0.2, -0.15) is 0 Å². The zero-order valence-corrected chi connectivity index (χ0v) is 11.6. The van der Waals surface area contributed by atoms with Crippen molar-refractivity contribution >= 4 is 12.0 Å². The predicted molar refractivity (Wildman–Crippen MR) is 79.8 cm³/mol. The van der Waals surface area contributed by atoms with Crippen molar-refractivity contribution in [3.05, 3.63) is 65.7 Å². The van der Waals surface area contributed by atoms with Gasteiger partial charge >= 0.3 is 5.97 Å². The van der Waals surface area contributed by atoms with Crippen LogP contribution in [0.25, 0.3) is 6.08 Å². The molecule has 0 spiro atoms. The van der Waals surface area contributed by atoms with Crippen LogP contribution in [0, 0.1) is 0 Å². The Morgan fingerprint density at radius 1 is 1.10 bits per heavy atom. The van der Waals surface area contributed by atoms with Crippen molar-refractivity contribution in [2.24, 2.45) is 0 Å². The predicted octanol–water partition coefficient (Wildman–Crippen LogP) is 3.42. The largest absolute Gasteiger partial charge is 0.504 e. The number of benzene rings is 2. The number of aromatic hydroxyl groups is 2. The van der Waals surface area contributed by atoms with Crippen molar-refractivity contribution in [3.63, 3.8) is 0 Å². The second-order valence-corrected chi connectivity index (χ2v) is 4.57. The number of carbonyl (C=O) groups excluding carboxylic acids is 1. The second-order valence-electron chi connectivity index (χ2n) is 4.57. The minimum atomic E-state index is -0.473. The van der Waals surface area contributed by atoms with Crippen molar-refractivity contribution < 1.29 is 19.7 Å². The molecule has 0 aliphatic rings. The third-order valence-corrected chi connectivity index (χ3v) is 2.97. The van der Waals surface area contributed by atoms with Gasteiger partial charge in [-0.05, 0) is 36.3 Å². The highest BCUT2D eigenvalue weighted by Crippen LogP contribution is 2.25. The van der Waals surface area contributed by atoms with Crippen LogP contribution >= 0.6 is 0 Å². The lowest BCUT2D eigenvalue weighted by Crippen LogP contribution is -2.05. The summed E-state index contributed by atoms with van der Waals surface area (Å²) >= 11 is 0. The minimum absolute atomic E-state index is 0.201. The number of hydrogen-bond donors (Lipinski definition) is 2. The van der Waals surface area contributed by atoms with Gasteiger partial charge in [0.2, 0.25) is 0 Å². The van der Waals surface area contributed by atoms with Gasteiger partial charge < -0.3 is 14.9 Å². The summed E-state index contributed by atoms with van der Waals surface area (Å²) < 4.78 is 5.27. The Bertz CT molecular complexity index is 647. The summed E-state index contributed by atoms with van der Waals surface area (Å²) in [5.41, 5.74) is 1.51. The molecule has 2 rings (SSSR count). The normalized spacial score (nSPS) is 12.2. The van der Waals surface area contributed by atoms with Gasteiger partial charge in [-0.3, -0.25) is 0 Å². The maximum atomic E-state index is 11.7. The van der Waals surface area contributed by atoms with E-state index in [9.17, 15) is 15.0 Å². The Labute approximate surface area is 122 Å². The van der Waals surface area contributed by atoms with E-state index in [1.165, 1.54) is 24.3 Å². The first-order valence-corrected chi connectivity index (χ1v) is 6.52. The zero-order chi connectivity index (χ0) is 15.2. The molecular formula is C17H16O4. The number of hydrogen-bond acceptors (Lipinski definition) is 4. The molecule has 0 fully saturated rings. The van der Waals surface area contributed by atoms with Crippen LogP contribution in [0.5, 0.6) is 11.5 Å². The van der Waals surface area contributed by atoms with E-state index in [-0.39, 0.29) is 17.6 Å².